The zero-order valence-electron chi connectivity index (χ0n) is 11.5. The molecule has 5 nitrogen and oxygen atoms in total. The van der Waals surface area contributed by atoms with Gasteiger partial charge in [-0.05, 0) is 24.3 Å². The number of pyridine rings is 2. The summed E-state index contributed by atoms with van der Waals surface area (Å²) in [5.74, 6) is 0.355. The van der Waals surface area contributed by atoms with Crippen LogP contribution in [0.4, 0.5) is 11.5 Å². The van der Waals surface area contributed by atoms with E-state index in [1.807, 2.05) is 24.3 Å². The molecule has 0 spiro atoms. The van der Waals surface area contributed by atoms with Crippen molar-refractivity contribution in [2.45, 2.75) is 0 Å². The number of fused-ring (bicyclic) bond motifs is 1. The number of hydrogen-bond donors (Lipinski definition) is 2. The first kappa shape index (κ1) is 13.1. The third-order valence-corrected chi connectivity index (χ3v) is 3.22. The number of aromatic nitrogens is 2. The molecule has 3 rings (SSSR count). The zero-order valence-corrected chi connectivity index (χ0v) is 11.5. The molecule has 0 aliphatic rings. The number of carbonyl (C=O) groups is 1. The molecule has 0 fully saturated rings. The van der Waals surface area contributed by atoms with Crippen LogP contribution in [0.1, 0.15) is 10.4 Å². The number of hydrogen-bond acceptors (Lipinski definition) is 4. The smallest absolute Gasteiger partial charge is 0.259 e. The Bertz CT molecular complexity index is 796. The minimum absolute atomic E-state index is 0.197. The molecule has 1 amide bonds. The molecule has 0 aliphatic heterocycles. The van der Waals surface area contributed by atoms with Gasteiger partial charge >= 0.3 is 0 Å². The normalized spacial score (nSPS) is 10.3. The van der Waals surface area contributed by atoms with Crippen LogP contribution in [0.5, 0.6) is 0 Å². The van der Waals surface area contributed by atoms with Gasteiger partial charge in [0.15, 0.2) is 0 Å². The van der Waals surface area contributed by atoms with Gasteiger partial charge in [-0.15, -0.1) is 0 Å². The molecule has 2 N–H and O–H groups in total. The van der Waals surface area contributed by atoms with Gasteiger partial charge < -0.3 is 10.6 Å². The molecule has 5 heteroatoms. The number of amides is 1. The van der Waals surface area contributed by atoms with Gasteiger partial charge in [-0.2, -0.15) is 0 Å². The van der Waals surface area contributed by atoms with Gasteiger partial charge in [0.25, 0.3) is 5.91 Å². The Kier molecular flexibility index (Phi) is 3.47. The van der Waals surface area contributed by atoms with Gasteiger partial charge in [0.2, 0.25) is 0 Å². The zero-order chi connectivity index (χ0) is 14.7. The second-order valence-electron chi connectivity index (χ2n) is 4.51. The van der Waals surface area contributed by atoms with Crippen LogP contribution >= 0.6 is 0 Å². The van der Waals surface area contributed by atoms with E-state index in [-0.39, 0.29) is 5.91 Å². The standard InChI is InChI=1S/C16H14N4O/c1-17-15-13(5-3-8-19-15)16(21)20-14-6-2-4-11-10-18-9-7-12(11)14/h2-10H,1H3,(H,17,19)(H,20,21). The van der Waals surface area contributed by atoms with Crippen molar-refractivity contribution in [3.05, 3.63) is 60.6 Å². The van der Waals surface area contributed by atoms with E-state index >= 15 is 0 Å². The third kappa shape index (κ3) is 2.53. The van der Waals surface area contributed by atoms with Crippen LogP contribution in [0.3, 0.4) is 0 Å². The highest BCUT2D eigenvalue weighted by atomic mass is 16.1. The number of nitrogens with one attached hydrogen (secondary N) is 2. The predicted octanol–water partition coefficient (Wildman–Crippen LogP) is 2.92. The van der Waals surface area contributed by atoms with Crippen molar-refractivity contribution in [1.29, 1.82) is 0 Å². The lowest BCUT2D eigenvalue weighted by atomic mass is 10.1. The van der Waals surface area contributed by atoms with Gasteiger partial charge in [0.05, 0.1) is 5.56 Å². The number of anilines is 2. The minimum Gasteiger partial charge on any atom is -0.372 e. The van der Waals surface area contributed by atoms with Crippen LogP contribution in [0, 0.1) is 0 Å². The van der Waals surface area contributed by atoms with Crippen LogP contribution < -0.4 is 10.6 Å². The van der Waals surface area contributed by atoms with Crippen LogP contribution in [-0.2, 0) is 0 Å². The highest BCUT2D eigenvalue weighted by Crippen LogP contribution is 2.23. The molecule has 0 bridgehead atoms. The summed E-state index contributed by atoms with van der Waals surface area (Å²) in [5, 5.41) is 7.78. The van der Waals surface area contributed by atoms with Crippen molar-refractivity contribution in [2.24, 2.45) is 0 Å². The van der Waals surface area contributed by atoms with Crippen LogP contribution in [0.2, 0.25) is 0 Å². The molecule has 104 valence electrons. The maximum atomic E-state index is 12.4. The number of nitrogens with zero attached hydrogens (tertiary/aromatic N) is 2. The van der Waals surface area contributed by atoms with E-state index in [0.717, 1.165) is 16.5 Å². The third-order valence-electron chi connectivity index (χ3n) is 3.22. The number of rotatable bonds is 3. The summed E-state index contributed by atoms with van der Waals surface area (Å²) in [6.07, 6.45) is 5.13. The van der Waals surface area contributed by atoms with E-state index < -0.39 is 0 Å². The van der Waals surface area contributed by atoms with E-state index in [4.69, 9.17) is 0 Å². The number of carbonyl (C=O) groups excluding carboxylic acids is 1. The summed E-state index contributed by atoms with van der Waals surface area (Å²) in [6.45, 7) is 0. The summed E-state index contributed by atoms with van der Waals surface area (Å²) in [7, 11) is 1.74. The Hall–Kier alpha value is -2.95. The topological polar surface area (TPSA) is 66.9 Å². The SMILES string of the molecule is CNc1ncccc1C(=O)Nc1cccc2cnccc12. The Morgan fingerprint density at radius 1 is 1.10 bits per heavy atom. The predicted molar refractivity (Wildman–Crippen MR) is 83.5 cm³/mol. The Morgan fingerprint density at radius 2 is 2.00 bits per heavy atom. The molecule has 0 aliphatic carbocycles. The fourth-order valence-electron chi connectivity index (χ4n) is 2.21. The molecule has 2 heterocycles. The van der Waals surface area contributed by atoms with Gasteiger partial charge in [-0.3, -0.25) is 9.78 Å². The van der Waals surface area contributed by atoms with E-state index in [1.54, 1.807) is 37.8 Å². The molecule has 0 saturated carbocycles. The lowest BCUT2D eigenvalue weighted by molar-refractivity contribution is 0.102. The quantitative estimate of drug-likeness (QED) is 0.773. The molecule has 2 aromatic heterocycles. The largest absolute Gasteiger partial charge is 0.372 e. The molecule has 21 heavy (non-hydrogen) atoms. The van der Waals surface area contributed by atoms with Crippen molar-refractivity contribution >= 4 is 28.2 Å². The second kappa shape index (κ2) is 5.58. The summed E-state index contributed by atoms with van der Waals surface area (Å²) >= 11 is 0. The molecular weight excluding hydrogens is 264 g/mol. The maximum absolute atomic E-state index is 12.4. The van der Waals surface area contributed by atoms with Crippen LogP contribution in [0.25, 0.3) is 10.8 Å². The van der Waals surface area contributed by atoms with Crippen molar-refractivity contribution in [1.82, 2.24) is 9.97 Å². The van der Waals surface area contributed by atoms with Crippen LogP contribution in [0.15, 0.2) is 55.0 Å². The summed E-state index contributed by atoms with van der Waals surface area (Å²) < 4.78 is 0. The van der Waals surface area contributed by atoms with Crippen molar-refractivity contribution in [3.63, 3.8) is 0 Å². The maximum Gasteiger partial charge on any atom is 0.259 e. The summed E-state index contributed by atoms with van der Waals surface area (Å²) in [4.78, 5) is 20.7. The summed E-state index contributed by atoms with van der Waals surface area (Å²) in [6, 6.07) is 11.1. The number of benzene rings is 1. The molecular formula is C16H14N4O. The first-order valence-corrected chi connectivity index (χ1v) is 6.56. The first-order chi connectivity index (χ1) is 10.3. The lowest BCUT2D eigenvalue weighted by Crippen LogP contribution is -2.14. The lowest BCUT2D eigenvalue weighted by Gasteiger charge is -2.10. The van der Waals surface area contributed by atoms with Gasteiger partial charge in [0, 0.05) is 42.1 Å². The van der Waals surface area contributed by atoms with Crippen molar-refractivity contribution < 1.29 is 4.79 Å². The molecule has 1 aromatic carbocycles. The second-order valence-corrected chi connectivity index (χ2v) is 4.51. The van der Waals surface area contributed by atoms with E-state index in [2.05, 4.69) is 20.6 Å². The van der Waals surface area contributed by atoms with Gasteiger partial charge in [-0.1, -0.05) is 12.1 Å². The van der Waals surface area contributed by atoms with Crippen molar-refractivity contribution in [2.75, 3.05) is 17.7 Å². The molecule has 0 unspecified atom stereocenters. The minimum atomic E-state index is -0.197. The molecule has 0 saturated heterocycles. The fourth-order valence-corrected chi connectivity index (χ4v) is 2.21. The van der Waals surface area contributed by atoms with Gasteiger partial charge in [-0.25, -0.2) is 4.98 Å². The molecule has 3 aromatic rings. The Labute approximate surface area is 122 Å². The highest BCUT2D eigenvalue weighted by Gasteiger charge is 2.12. The van der Waals surface area contributed by atoms with Gasteiger partial charge in [0.1, 0.15) is 5.82 Å². The molecule has 0 atom stereocenters. The fraction of sp³-hybridized carbons (Fsp3) is 0.0625. The summed E-state index contributed by atoms with van der Waals surface area (Å²) in [5.41, 5.74) is 1.26. The van der Waals surface area contributed by atoms with E-state index in [0.29, 0.717) is 11.4 Å². The van der Waals surface area contributed by atoms with E-state index in [9.17, 15) is 4.79 Å². The average Bonchev–Trinajstić information content (AvgIpc) is 2.55. The van der Waals surface area contributed by atoms with Crippen molar-refractivity contribution in [3.8, 4) is 0 Å². The Morgan fingerprint density at radius 3 is 2.86 bits per heavy atom. The monoisotopic (exact) mass is 278 g/mol. The van der Waals surface area contributed by atoms with E-state index in [1.165, 1.54) is 0 Å². The van der Waals surface area contributed by atoms with Crippen LogP contribution in [-0.4, -0.2) is 22.9 Å². The highest BCUT2D eigenvalue weighted by molar-refractivity contribution is 6.11. The average molecular weight is 278 g/mol. The first-order valence-electron chi connectivity index (χ1n) is 6.56. The Balaban J connectivity index is 1.97. The molecule has 0 radical (unpaired) electrons.